The smallest absolute Gasteiger partial charge is 0.254 e. The molecular weight excluding hydrogens is 398 g/mol. The highest BCUT2D eigenvalue weighted by atomic mass is 16.3. The second kappa shape index (κ2) is 11.0. The minimum absolute atomic E-state index is 0.0704. The van der Waals surface area contributed by atoms with Gasteiger partial charge in [-0.1, -0.05) is 37.3 Å². The van der Waals surface area contributed by atoms with Gasteiger partial charge in [-0.25, -0.2) is 0 Å². The van der Waals surface area contributed by atoms with Crippen molar-refractivity contribution in [2.45, 2.75) is 59.2 Å². The molecule has 0 saturated carbocycles. The summed E-state index contributed by atoms with van der Waals surface area (Å²) in [6.45, 7) is 15.2. The highest BCUT2D eigenvalue weighted by molar-refractivity contribution is 5.96. The lowest BCUT2D eigenvalue weighted by molar-refractivity contribution is 0.0238. The van der Waals surface area contributed by atoms with Crippen LogP contribution in [-0.2, 0) is 0 Å². The van der Waals surface area contributed by atoms with Crippen molar-refractivity contribution in [3.05, 3.63) is 65.2 Å². The fourth-order valence-corrected chi connectivity index (χ4v) is 5.04. The Morgan fingerprint density at radius 1 is 1.03 bits per heavy atom. The molecule has 0 aromatic heterocycles. The first-order valence-electron chi connectivity index (χ1n) is 12.1. The number of piperazine rings is 1. The number of aromatic hydroxyl groups is 1. The molecule has 32 heavy (non-hydrogen) atoms. The van der Waals surface area contributed by atoms with Gasteiger partial charge in [-0.2, -0.15) is 0 Å². The molecule has 1 saturated heterocycles. The van der Waals surface area contributed by atoms with Gasteiger partial charge in [0.25, 0.3) is 5.91 Å². The zero-order valence-electron chi connectivity index (χ0n) is 20.3. The fraction of sp³-hybridized carbons (Fsp3) is 0.519. The van der Waals surface area contributed by atoms with Gasteiger partial charge in [0.15, 0.2) is 0 Å². The second-order valence-corrected chi connectivity index (χ2v) is 8.95. The van der Waals surface area contributed by atoms with Crippen molar-refractivity contribution < 1.29 is 9.90 Å². The first-order chi connectivity index (χ1) is 15.4. The number of phenolic OH excluding ortho intramolecular Hbond substituents is 1. The van der Waals surface area contributed by atoms with Crippen LogP contribution in [0.15, 0.2) is 48.5 Å². The Morgan fingerprint density at radius 2 is 1.75 bits per heavy atom. The molecule has 1 heterocycles. The molecule has 0 radical (unpaired) electrons. The molecule has 0 bridgehead atoms. The van der Waals surface area contributed by atoms with E-state index in [9.17, 15) is 9.90 Å². The number of nitrogens with zero attached hydrogens (tertiary/aromatic N) is 3. The molecule has 1 N–H and O–H groups in total. The topological polar surface area (TPSA) is 47.0 Å². The van der Waals surface area contributed by atoms with Gasteiger partial charge in [0.1, 0.15) is 5.75 Å². The Hall–Kier alpha value is -2.37. The van der Waals surface area contributed by atoms with Crippen molar-refractivity contribution in [2.24, 2.45) is 0 Å². The summed E-state index contributed by atoms with van der Waals surface area (Å²) in [6.07, 6.45) is 1.15. The Bertz CT molecular complexity index is 896. The Morgan fingerprint density at radius 3 is 2.41 bits per heavy atom. The predicted molar refractivity (Wildman–Crippen MR) is 131 cm³/mol. The van der Waals surface area contributed by atoms with Crippen molar-refractivity contribution in [2.75, 3.05) is 32.7 Å². The van der Waals surface area contributed by atoms with Crippen molar-refractivity contribution in [3.8, 4) is 5.75 Å². The van der Waals surface area contributed by atoms with E-state index in [-0.39, 0.29) is 17.7 Å². The minimum Gasteiger partial charge on any atom is -0.508 e. The van der Waals surface area contributed by atoms with Gasteiger partial charge in [0.2, 0.25) is 0 Å². The van der Waals surface area contributed by atoms with Crippen LogP contribution in [0, 0.1) is 0 Å². The fourth-order valence-electron chi connectivity index (χ4n) is 5.04. The molecule has 1 amide bonds. The molecule has 174 valence electrons. The molecule has 3 rings (SSSR count). The van der Waals surface area contributed by atoms with E-state index in [1.54, 1.807) is 6.07 Å². The maximum absolute atomic E-state index is 13.4. The lowest BCUT2D eigenvalue weighted by Crippen LogP contribution is -2.57. The summed E-state index contributed by atoms with van der Waals surface area (Å²) in [7, 11) is 0. The summed E-state index contributed by atoms with van der Waals surface area (Å²) in [4.78, 5) is 20.4. The average molecular weight is 438 g/mol. The quantitative estimate of drug-likeness (QED) is 0.646. The molecule has 5 heteroatoms. The molecule has 0 spiro atoms. The molecule has 2 aromatic carbocycles. The SMILES string of the molecule is CCCN1C[C@@H](C)N([C@@H](c2cccc(O)c2)c2ccccc2C(=O)N(CC)CC)C[C@H]1C. The van der Waals surface area contributed by atoms with E-state index >= 15 is 0 Å². The van der Waals surface area contributed by atoms with Gasteiger partial charge in [-0.3, -0.25) is 14.6 Å². The number of hydrogen-bond acceptors (Lipinski definition) is 4. The largest absolute Gasteiger partial charge is 0.508 e. The van der Waals surface area contributed by atoms with Gasteiger partial charge < -0.3 is 10.0 Å². The molecular formula is C27H39N3O2. The summed E-state index contributed by atoms with van der Waals surface area (Å²) in [6, 6.07) is 16.2. The van der Waals surface area contributed by atoms with Crippen LogP contribution in [0.3, 0.4) is 0 Å². The van der Waals surface area contributed by atoms with Crippen LogP contribution in [0.4, 0.5) is 0 Å². The maximum atomic E-state index is 13.4. The molecule has 3 atom stereocenters. The van der Waals surface area contributed by atoms with E-state index in [1.165, 1.54) is 0 Å². The highest BCUT2D eigenvalue weighted by Gasteiger charge is 2.36. The van der Waals surface area contributed by atoms with Crippen LogP contribution in [0.2, 0.25) is 0 Å². The first-order valence-corrected chi connectivity index (χ1v) is 12.1. The summed E-state index contributed by atoms with van der Waals surface area (Å²) in [5.41, 5.74) is 2.78. The monoisotopic (exact) mass is 437 g/mol. The molecule has 1 aliphatic heterocycles. The minimum atomic E-state index is -0.0981. The summed E-state index contributed by atoms with van der Waals surface area (Å²) in [5.74, 6) is 0.325. The highest BCUT2D eigenvalue weighted by Crippen LogP contribution is 2.36. The van der Waals surface area contributed by atoms with Crippen molar-refractivity contribution in [1.82, 2.24) is 14.7 Å². The molecule has 5 nitrogen and oxygen atoms in total. The van der Waals surface area contributed by atoms with Gasteiger partial charge in [-0.05, 0) is 70.0 Å². The first kappa shape index (κ1) is 24.3. The summed E-state index contributed by atoms with van der Waals surface area (Å²) < 4.78 is 0. The number of carbonyl (C=O) groups is 1. The summed E-state index contributed by atoms with van der Waals surface area (Å²) >= 11 is 0. The lowest BCUT2D eigenvalue weighted by atomic mass is 9.90. The van der Waals surface area contributed by atoms with Crippen molar-refractivity contribution >= 4 is 5.91 Å². The van der Waals surface area contributed by atoms with E-state index in [0.29, 0.717) is 25.2 Å². The normalized spacial score (nSPS) is 20.8. The van der Waals surface area contributed by atoms with Crippen LogP contribution in [0.25, 0.3) is 0 Å². The predicted octanol–water partition coefficient (Wildman–Crippen LogP) is 4.77. The zero-order chi connectivity index (χ0) is 23.3. The van der Waals surface area contributed by atoms with Crippen LogP contribution in [0.5, 0.6) is 5.75 Å². The van der Waals surface area contributed by atoms with E-state index in [2.05, 4.69) is 42.7 Å². The van der Waals surface area contributed by atoms with E-state index < -0.39 is 0 Å². The van der Waals surface area contributed by atoms with E-state index in [1.807, 2.05) is 49.1 Å². The van der Waals surface area contributed by atoms with Gasteiger partial charge >= 0.3 is 0 Å². The van der Waals surface area contributed by atoms with E-state index in [4.69, 9.17) is 0 Å². The van der Waals surface area contributed by atoms with Gasteiger partial charge in [-0.15, -0.1) is 0 Å². The number of rotatable bonds is 8. The number of amides is 1. The van der Waals surface area contributed by atoms with Crippen LogP contribution in [0.1, 0.15) is 68.6 Å². The Labute approximate surface area is 193 Å². The van der Waals surface area contributed by atoms with Gasteiger partial charge in [0.05, 0.1) is 6.04 Å². The van der Waals surface area contributed by atoms with Gasteiger partial charge in [0, 0.05) is 43.8 Å². The number of carbonyl (C=O) groups excluding carboxylic acids is 1. The third-order valence-electron chi connectivity index (χ3n) is 6.73. The van der Waals surface area contributed by atoms with Crippen LogP contribution >= 0.6 is 0 Å². The number of benzene rings is 2. The lowest BCUT2D eigenvalue weighted by Gasteiger charge is -2.48. The maximum Gasteiger partial charge on any atom is 0.254 e. The Kier molecular flexibility index (Phi) is 8.32. The van der Waals surface area contributed by atoms with Crippen molar-refractivity contribution in [3.63, 3.8) is 0 Å². The molecule has 1 fully saturated rings. The molecule has 0 aliphatic carbocycles. The van der Waals surface area contributed by atoms with Crippen LogP contribution < -0.4 is 0 Å². The summed E-state index contributed by atoms with van der Waals surface area (Å²) in [5, 5.41) is 10.3. The van der Waals surface area contributed by atoms with Crippen molar-refractivity contribution in [1.29, 1.82) is 0 Å². The van der Waals surface area contributed by atoms with Crippen LogP contribution in [-0.4, -0.2) is 70.5 Å². The third kappa shape index (κ3) is 5.16. The molecule has 1 aliphatic rings. The number of hydrogen-bond donors (Lipinski definition) is 1. The molecule has 2 aromatic rings. The molecule has 0 unspecified atom stereocenters. The standard InChI is InChI=1S/C27H39N3O2/c1-6-16-29-18-21(5)30(19-20(29)4)26(22-12-11-13-23(31)17-22)24-14-9-10-15-25(24)27(32)28(7-2)8-3/h9-15,17,20-21,26,31H,6-8,16,18-19H2,1-5H3/t20-,21-,26+/m1/s1. The average Bonchev–Trinajstić information content (AvgIpc) is 2.78. The number of phenols is 1. The third-order valence-corrected chi connectivity index (χ3v) is 6.73. The Balaban J connectivity index is 2.09. The van der Waals surface area contributed by atoms with E-state index in [0.717, 1.165) is 42.7 Å². The zero-order valence-corrected chi connectivity index (χ0v) is 20.3. The second-order valence-electron chi connectivity index (χ2n) is 8.95.